The number of methoxy groups -OCH3 is 1. The van der Waals surface area contributed by atoms with Crippen LogP contribution in [0.5, 0.6) is 0 Å². The molecule has 13 heavy (non-hydrogen) atoms. The fourth-order valence-electron chi connectivity index (χ4n) is 0.968. The van der Waals surface area contributed by atoms with Gasteiger partial charge in [0, 0.05) is 3.57 Å². The Morgan fingerprint density at radius 2 is 2.15 bits per heavy atom. The molecule has 0 unspecified atom stereocenters. The first-order chi connectivity index (χ1) is 6.06. The van der Waals surface area contributed by atoms with Crippen LogP contribution in [0.25, 0.3) is 0 Å². The number of hydrogen-bond acceptors (Lipinski definition) is 2. The van der Waals surface area contributed by atoms with Crippen molar-refractivity contribution in [2.24, 2.45) is 0 Å². The third-order valence-corrected chi connectivity index (χ3v) is 2.34. The molecule has 0 spiro atoms. The summed E-state index contributed by atoms with van der Waals surface area (Å²) in [5, 5.41) is 0. The van der Waals surface area contributed by atoms with Crippen LogP contribution in [-0.4, -0.2) is 13.1 Å². The van der Waals surface area contributed by atoms with Gasteiger partial charge in [-0.25, -0.2) is 9.18 Å². The second kappa shape index (κ2) is 4.04. The minimum Gasteiger partial charge on any atom is -0.465 e. The van der Waals surface area contributed by atoms with Crippen LogP contribution in [0.2, 0.25) is 0 Å². The summed E-state index contributed by atoms with van der Waals surface area (Å²) < 4.78 is 18.3. The van der Waals surface area contributed by atoms with E-state index >= 15 is 0 Å². The molecule has 1 aromatic rings. The van der Waals surface area contributed by atoms with Gasteiger partial charge in [0.2, 0.25) is 0 Å². The third kappa shape index (κ3) is 2.18. The van der Waals surface area contributed by atoms with Gasteiger partial charge >= 0.3 is 5.97 Å². The van der Waals surface area contributed by atoms with Gasteiger partial charge in [-0.15, -0.1) is 0 Å². The SMILES string of the molecule is COC(=O)c1cc(I)cc(F)c1C. The molecule has 0 radical (unpaired) electrons. The molecule has 1 rings (SSSR count). The molecule has 0 aliphatic carbocycles. The van der Waals surface area contributed by atoms with Gasteiger partial charge in [0.1, 0.15) is 5.82 Å². The van der Waals surface area contributed by atoms with E-state index in [4.69, 9.17) is 0 Å². The first-order valence-corrected chi connectivity index (χ1v) is 4.68. The normalized spacial score (nSPS) is 9.85. The van der Waals surface area contributed by atoms with Gasteiger partial charge in [0.05, 0.1) is 12.7 Å². The molecule has 0 heterocycles. The summed E-state index contributed by atoms with van der Waals surface area (Å²) in [5.74, 6) is -0.887. The van der Waals surface area contributed by atoms with E-state index in [1.54, 1.807) is 13.0 Å². The van der Waals surface area contributed by atoms with Crippen molar-refractivity contribution in [1.82, 2.24) is 0 Å². The molecule has 0 saturated carbocycles. The molecule has 0 aliphatic heterocycles. The van der Waals surface area contributed by atoms with E-state index < -0.39 is 5.97 Å². The van der Waals surface area contributed by atoms with E-state index in [2.05, 4.69) is 4.74 Å². The highest BCUT2D eigenvalue weighted by Gasteiger charge is 2.13. The summed E-state index contributed by atoms with van der Waals surface area (Å²) in [7, 11) is 1.28. The molecule has 0 aromatic heterocycles. The summed E-state index contributed by atoms with van der Waals surface area (Å²) in [6, 6.07) is 2.98. The molecule has 1 aromatic carbocycles. The maximum absolute atomic E-state index is 13.1. The van der Waals surface area contributed by atoms with Crippen LogP contribution in [0.3, 0.4) is 0 Å². The van der Waals surface area contributed by atoms with Crippen molar-refractivity contribution in [3.63, 3.8) is 0 Å². The zero-order chi connectivity index (χ0) is 10.0. The lowest BCUT2D eigenvalue weighted by Gasteiger charge is -2.05. The topological polar surface area (TPSA) is 26.3 Å². The minimum absolute atomic E-state index is 0.284. The highest BCUT2D eigenvalue weighted by atomic mass is 127. The monoisotopic (exact) mass is 294 g/mol. The third-order valence-electron chi connectivity index (χ3n) is 1.71. The van der Waals surface area contributed by atoms with Crippen LogP contribution in [0.1, 0.15) is 15.9 Å². The number of carbonyl (C=O) groups is 1. The van der Waals surface area contributed by atoms with E-state index in [1.165, 1.54) is 13.2 Å². The van der Waals surface area contributed by atoms with Gasteiger partial charge in [-0.2, -0.15) is 0 Å². The van der Waals surface area contributed by atoms with Gasteiger partial charge in [0.25, 0.3) is 0 Å². The summed E-state index contributed by atoms with van der Waals surface area (Å²) in [5.41, 5.74) is 0.610. The fourth-order valence-corrected chi connectivity index (χ4v) is 1.55. The number of esters is 1. The van der Waals surface area contributed by atoms with Crippen LogP contribution in [-0.2, 0) is 4.74 Å². The Bertz CT molecular complexity index is 350. The van der Waals surface area contributed by atoms with Crippen LogP contribution in [0.15, 0.2) is 12.1 Å². The van der Waals surface area contributed by atoms with E-state index in [0.29, 0.717) is 9.13 Å². The molecule has 0 aliphatic rings. The molecule has 0 N–H and O–H groups in total. The molecule has 70 valence electrons. The number of hydrogen-bond donors (Lipinski definition) is 0. The van der Waals surface area contributed by atoms with Crippen molar-refractivity contribution in [1.29, 1.82) is 0 Å². The zero-order valence-electron chi connectivity index (χ0n) is 7.23. The number of ether oxygens (including phenoxy) is 1. The molecule has 0 fully saturated rings. The Balaban J connectivity index is 3.28. The van der Waals surface area contributed by atoms with E-state index in [9.17, 15) is 9.18 Å². The summed E-state index contributed by atoms with van der Waals surface area (Å²) in [4.78, 5) is 11.1. The molecule has 2 nitrogen and oxygen atoms in total. The van der Waals surface area contributed by atoms with E-state index in [-0.39, 0.29) is 11.4 Å². The Morgan fingerprint density at radius 1 is 1.54 bits per heavy atom. The van der Waals surface area contributed by atoms with E-state index in [1.807, 2.05) is 22.6 Å². The number of rotatable bonds is 1. The molecular formula is C9H8FIO2. The van der Waals surface area contributed by atoms with Crippen LogP contribution >= 0.6 is 22.6 Å². The van der Waals surface area contributed by atoms with Gasteiger partial charge in [0.15, 0.2) is 0 Å². The van der Waals surface area contributed by atoms with Gasteiger partial charge < -0.3 is 4.74 Å². The van der Waals surface area contributed by atoms with Crippen molar-refractivity contribution < 1.29 is 13.9 Å². The molecule has 0 bridgehead atoms. The first-order valence-electron chi connectivity index (χ1n) is 3.60. The predicted octanol–water partition coefficient (Wildman–Crippen LogP) is 2.53. The number of benzene rings is 1. The summed E-state index contributed by atoms with van der Waals surface area (Å²) in [6.45, 7) is 1.55. The Morgan fingerprint density at radius 3 is 2.69 bits per heavy atom. The summed E-state index contributed by atoms with van der Waals surface area (Å²) in [6.07, 6.45) is 0. The average molecular weight is 294 g/mol. The average Bonchev–Trinajstić information content (AvgIpc) is 2.10. The standard InChI is InChI=1S/C9H8FIO2/c1-5-7(9(12)13-2)3-6(11)4-8(5)10/h3-4H,1-2H3. The Hall–Kier alpha value is -0.650. The lowest BCUT2D eigenvalue weighted by atomic mass is 10.1. The van der Waals surface area contributed by atoms with Crippen molar-refractivity contribution >= 4 is 28.6 Å². The second-order valence-corrected chi connectivity index (χ2v) is 3.80. The highest BCUT2D eigenvalue weighted by molar-refractivity contribution is 14.1. The summed E-state index contributed by atoms with van der Waals surface area (Å²) >= 11 is 1.95. The first kappa shape index (κ1) is 10.4. The number of halogens is 2. The molecule has 0 saturated heterocycles. The zero-order valence-corrected chi connectivity index (χ0v) is 9.38. The smallest absolute Gasteiger partial charge is 0.338 e. The molecule has 0 atom stereocenters. The Labute approximate surface area is 89.2 Å². The van der Waals surface area contributed by atoms with E-state index in [0.717, 1.165) is 0 Å². The van der Waals surface area contributed by atoms with Crippen molar-refractivity contribution in [2.45, 2.75) is 6.92 Å². The van der Waals surface area contributed by atoms with Gasteiger partial charge in [-0.3, -0.25) is 0 Å². The predicted molar refractivity (Wildman–Crippen MR) is 55.2 cm³/mol. The number of carbonyl (C=O) groups excluding carboxylic acids is 1. The minimum atomic E-state index is -0.505. The van der Waals surface area contributed by atoms with Crippen LogP contribution in [0.4, 0.5) is 4.39 Å². The maximum atomic E-state index is 13.1. The van der Waals surface area contributed by atoms with Crippen molar-refractivity contribution in [3.8, 4) is 0 Å². The quantitative estimate of drug-likeness (QED) is 0.587. The largest absolute Gasteiger partial charge is 0.465 e. The second-order valence-electron chi connectivity index (χ2n) is 2.55. The van der Waals surface area contributed by atoms with Gasteiger partial charge in [-0.05, 0) is 47.2 Å². The molecule has 0 amide bonds. The maximum Gasteiger partial charge on any atom is 0.338 e. The van der Waals surface area contributed by atoms with Gasteiger partial charge in [-0.1, -0.05) is 0 Å². The van der Waals surface area contributed by atoms with Crippen LogP contribution in [0, 0.1) is 16.3 Å². The lowest BCUT2D eigenvalue weighted by molar-refractivity contribution is 0.0599. The molecule has 4 heteroatoms. The van der Waals surface area contributed by atoms with Crippen molar-refractivity contribution in [2.75, 3.05) is 7.11 Å². The lowest BCUT2D eigenvalue weighted by Crippen LogP contribution is -2.05. The van der Waals surface area contributed by atoms with Crippen LogP contribution < -0.4 is 0 Å². The fraction of sp³-hybridized carbons (Fsp3) is 0.222. The highest BCUT2D eigenvalue weighted by Crippen LogP contribution is 2.17. The molecular weight excluding hydrogens is 286 g/mol. The van der Waals surface area contributed by atoms with Crippen molar-refractivity contribution in [3.05, 3.63) is 32.6 Å². The Kier molecular flexibility index (Phi) is 3.24.